The summed E-state index contributed by atoms with van der Waals surface area (Å²) < 4.78 is 17.6. The Morgan fingerprint density at radius 2 is 2.03 bits per heavy atom. The van der Waals surface area contributed by atoms with Crippen LogP contribution >= 0.6 is 15.9 Å². The van der Waals surface area contributed by atoms with Gasteiger partial charge >= 0.3 is 0 Å². The Kier molecular flexibility index (Phi) is 7.55. The fraction of sp³-hybridized carbons (Fsp3) is 0.455. The van der Waals surface area contributed by atoms with Gasteiger partial charge < -0.3 is 24.4 Å². The zero-order chi connectivity index (χ0) is 21.7. The molecule has 0 radical (unpaired) electrons. The molecule has 1 aromatic heterocycles. The third kappa shape index (κ3) is 5.43. The number of carbonyl (C=O) groups is 1. The van der Waals surface area contributed by atoms with Crippen LogP contribution in [0.1, 0.15) is 37.6 Å². The average Bonchev–Trinajstić information content (AvgIpc) is 2.72. The van der Waals surface area contributed by atoms with Crippen molar-refractivity contribution in [2.75, 3.05) is 37.0 Å². The molecule has 0 bridgehead atoms. The van der Waals surface area contributed by atoms with Crippen molar-refractivity contribution in [2.24, 2.45) is 0 Å². The Morgan fingerprint density at radius 3 is 2.63 bits per heavy atom. The molecule has 1 aliphatic rings. The van der Waals surface area contributed by atoms with Crippen molar-refractivity contribution in [1.29, 1.82) is 0 Å². The molecule has 1 aromatic carbocycles. The van der Waals surface area contributed by atoms with Crippen LogP contribution in [0.4, 0.5) is 11.5 Å². The van der Waals surface area contributed by atoms with Crippen molar-refractivity contribution in [2.45, 2.75) is 39.4 Å². The molecular weight excluding hydrogens is 450 g/mol. The maximum atomic E-state index is 12.7. The fourth-order valence-electron chi connectivity index (χ4n) is 3.41. The second-order valence-electron chi connectivity index (χ2n) is 7.36. The summed E-state index contributed by atoms with van der Waals surface area (Å²) in [7, 11) is 1.55. The first-order valence-electron chi connectivity index (χ1n) is 10.1. The number of pyridine rings is 1. The van der Waals surface area contributed by atoms with Gasteiger partial charge in [0, 0.05) is 18.7 Å². The van der Waals surface area contributed by atoms with Gasteiger partial charge in [0.25, 0.3) is 5.91 Å². The minimum Gasteiger partial charge on any atom is -0.493 e. The lowest BCUT2D eigenvalue weighted by atomic mass is 10.2. The number of ether oxygens (including phenoxy) is 3. The highest BCUT2D eigenvalue weighted by Crippen LogP contribution is 2.37. The number of hydrogen-bond acceptors (Lipinski definition) is 6. The molecule has 1 aliphatic heterocycles. The Balaban J connectivity index is 1.70. The number of rotatable bonds is 7. The molecule has 0 aliphatic carbocycles. The number of nitrogens with zero attached hydrogens (tertiary/aromatic N) is 2. The van der Waals surface area contributed by atoms with E-state index in [1.165, 1.54) is 0 Å². The molecule has 30 heavy (non-hydrogen) atoms. The Hall–Kier alpha value is -2.32. The predicted octanol–water partition coefficient (Wildman–Crippen LogP) is 4.51. The van der Waals surface area contributed by atoms with E-state index >= 15 is 0 Å². The number of hydrogen-bond donors (Lipinski definition) is 1. The molecule has 162 valence electrons. The highest BCUT2D eigenvalue weighted by Gasteiger charge is 2.23. The van der Waals surface area contributed by atoms with Crippen molar-refractivity contribution < 1.29 is 19.0 Å². The van der Waals surface area contributed by atoms with Gasteiger partial charge in [0.15, 0.2) is 11.5 Å². The Bertz CT molecular complexity index is 865. The number of amides is 1. The lowest BCUT2D eigenvalue weighted by Crippen LogP contribution is -2.45. The number of methoxy groups -OCH3 is 1. The molecule has 8 heteroatoms. The third-order valence-electron chi connectivity index (χ3n) is 4.69. The molecule has 1 saturated heterocycles. The molecule has 0 saturated carbocycles. The van der Waals surface area contributed by atoms with Gasteiger partial charge in [-0.1, -0.05) is 6.92 Å². The lowest BCUT2D eigenvalue weighted by Gasteiger charge is -2.36. The van der Waals surface area contributed by atoms with Crippen molar-refractivity contribution in [1.82, 2.24) is 4.98 Å². The Morgan fingerprint density at radius 1 is 1.30 bits per heavy atom. The average molecular weight is 478 g/mol. The monoisotopic (exact) mass is 477 g/mol. The number of benzene rings is 1. The lowest BCUT2D eigenvalue weighted by molar-refractivity contribution is -0.00545. The number of carbonyl (C=O) groups excluding carboxylic acids is 1. The smallest absolute Gasteiger partial charge is 0.255 e. The van der Waals surface area contributed by atoms with E-state index in [2.05, 4.69) is 45.0 Å². The maximum Gasteiger partial charge on any atom is 0.255 e. The van der Waals surface area contributed by atoms with Crippen LogP contribution < -0.4 is 19.7 Å². The molecule has 1 N–H and O–H groups in total. The highest BCUT2D eigenvalue weighted by molar-refractivity contribution is 9.10. The summed E-state index contributed by atoms with van der Waals surface area (Å²) in [5.74, 6) is 1.72. The quantitative estimate of drug-likeness (QED) is 0.632. The Labute approximate surface area is 185 Å². The molecule has 1 fully saturated rings. The first kappa shape index (κ1) is 22.4. The molecule has 2 aromatic rings. The van der Waals surface area contributed by atoms with Crippen molar-refractivity contribution in [3.8, 4) is 11.5 Å². The van der Waals surface area contributed by atoms with Gasteiger partial charge in [-0.25, -0.2) is 4.98 Å². The van der Waals surface area contributed by atoms with Crippen LogP contribution in [0, 0.1) is 0 Å². The summed E-state index contributed by atoms with van der Waals surface area (Å²) in [4.78, 5) is 19.5. The first-order chi connectivity index (χ1) is 14.4. The molecule has 1 amide bonds. The molecule has 3 rings (SSSR count). The zero-order valence-electron chi connectivity index (χ0n) is 17.8. The van der Waals surface area contributed by atoms with E-state index in [9.17, 15) is 4.79 Å². The summed E-state index contributed by atoms with van der Waals surface area (Å²) in [6.07, 6.45) is 2.87. The highest BCUT2D eigenvalue weighted by atomic mass is 79.9. The zero-order valence-corrected chi connectivity index (χ0v) is 19.4. The number of halogens is 1. The van der Waals surface area contributed by atoms with Gasteiger partial charge in [-0.3, -0.25) is 4.79 Å². The second kappa shape index (κ2) is 10.1. The molecule has 7 nitrogen and oxygen atoms in total. The topological polar surface area (TPSA) is 72.9 Å². The van der Waals surface area contributed by atoms with Gasteiger partial charge in [-0.15, -0.1) is 0 Å². The van der Waals surface area contributed by atoms with Crippen LogP contribution in [0.25, 0.3) is 0 Å². The molecule has 2 unspecified atom stereocenters. The van der Waals surface area contributed by atoms with Crippen molar-refractivity contribution in [3.63, 3.8) is 0 Å². The van der Waals surface area contributed by atoms with E-state index in [-0.39, 0.29) is 18.1 Å². The van der Waals surface area contributed by atoms with E-state index in [0.29, 0.717) is 33.8 Å². The van der Waals surface area contributed by atoms with Crippen LogP contribution in [0.3, 0.4) is 0 Å². The van der Waals surface area contributed by atoms with Crippen LogP contribution in [0.5, 0.6) is 11.5 Å². The largest absolute Gasteiger partial charge is 0.493 e. The summed E-state index contributed by atoms with van der Waals surface area (Å²) in [6.45, 7) is 8.30. The minimum absolute atomic E-state index is 0.160. The van der Waals surface area contributed by atoms with Crippen LogP contribution in [-0.4, -0.2) is 49.9 Å². The fourth-order valence-corrected chi connectivity index (χ4v) is 3.97. The van der Waals surface area contributed by atoms with E-state index in [1.807, 2.05) is 19.1 Å². The van der Waals surface area contributed by atoms with Gasteiger partial charge in [0.05, 0.1) is 42.3 Å². The van der Waals surface area contributed by atoms with Crippen LogP contribution in [-0.2, 0) is 4.74 Å². The second-order valence-corrected chi connectivity index (χ2v) is 8.21. The summed E-state index contributed by atoms with van der Waals surface area (Å²) in [5, 5.41) is 2.89. The first-order valence-corrected chi connectivity index (χ1v) is 10.9. The third-order valence-corrected chi connectivity index (χ3v) is 5.28. The van der Waals surface area contributed by atoms with Crippen LogP contribution in [0.15, 0.2) is 34.9 Å². The normalized spacial score (nSPS) is 18.8. The molecular formula is C22H28BrN3O4. The molecule has 2 atom stereocenters. The van der Waals surface area contributed by atoms with E-state index in [1.54, 1.807) is 25.4 Å². The van der Waals surface area contributed by atoms with Gasteiger partial charge in [0.1, 0.15) is 5.82 Å². The van der Waals surface area contributed by atoms with Crippen molar-refractivity contribution in [3.05, 3.63) is 40.5 Å². The van der Waals surface area contributed by atoms with Gasteiger partial charge in [0.2, 0.25) is 0 Å². The van der Waals surface area contributed by atoms with Crippen molar-refractivity contribution >= 4 is 33.3 Å². The standard InChI is InChI=1S/C22H28BrN3O4/c1-5-8-29-21-18(23)9-16(10-19(21)28-4)22(27)25-17-6-7-20(24-11-17)26-12-14(2)30-15(3)13-26/h6-7,9-11,14-15H,5,8,12-13H2,1-4H3,(H,25,27). The number of morpholine rings is 1. The summed E-state index contributed by atoms with van der Waals surface area (Å²) in [5.41, 5.74) is 1.09. The summed E-state index contributed by atoms with van der Waals surface area (Å²) in [6, 6.07) is 7.17. The SMILES string of the molecule is CCCOc1c(Br)cc(C(=O)Nc2ccc(N3CC(C)OC(C)C3)nc2)cc1OC. The van der Waals surface area contributed by atoms with E-state index in [4.69, 9.17) is 14.2 Å². The molecule has 0 spiro atoms. The number of aromatic nitrogens is 1. The minimum atomic E-state index is -0.251. The number of nitrogens with one attached hydrogen (secondary N) is 1. The van der Waals surface area contributed by atoms with Crippen LogP contribution in [0.2, 0.25) is 0 Å². The van der Waals surface area contributed by atoms with Gasteiger partial charge in [-0.05, 0) is 60.5 Å². The van der Waals surface area contributed by atoms with E-state index < -0.39 is 0 Å². The predicted molar refractivity (Wildman–Crippen MR) is 121 cm³/mol. The molecule has 2 heterocycles. The maximum absolute atomic E-state index is 12.7. The van der Waals surface area contributed by atoms with Gasteiger partial charge in [-0.2, -0.15) is 0 Å². The summed E-state index contributed by atoms with van der Waals surface area (Å²) >= 11 is 3.47. The van der Waals surface area contributed by atoms with E-state index in [0.717, 1.165) is 25.3 Å². The number of anilines is 2.